The van der Waals surface area contributed by atoms with Gasteiger partial charge in [-0.3, -0.25) is 0 Å². The van der Waals surface area contributed by atoms with E-state index in [1.807, 2.05) is 12.1 Å². The monoisotopic (exact) mass is 392 g/mol. The molecule has 3 aliphatic heterocycles. The van der Waals surface area contributed by atoms with Gasteiger partial charge in [-0.2, -0.15) is 0 Å². The lowest BCUT2D eigenvalue weighted by molar-refractivity contribution is -0.237. The van der Waals surface area contributed by atoms with Crippen LogP contribution < -0.4 is 9.47 Å². The molecule has 1 aromatic carbocycles. The zero-order valence-electron chi connectivity index (χ0n) is 17.0. The van der Waals surface area contributed by atoms with Gasteiger partial charge >= 0.3 is 0 Å². The fourth-order valence-electron chi connectivity index (χ4n) is 4.81. The van der Waals surface area contributed by atoms with E-state index in [0.717, 1.165) is 22.6 Å². The van der Waals surface area contributed by atoms with Gasteiger partial charge in [0.2, 0.25) is 0 Å². The topological polar surface area (TPSA) is 64.6 Å². The van der Waals surface area contributed by atoms with Crippen LogP contribution in [0.15, 0.2) is 24.3 Å². The van der Waals surface area contributed by atoms with Gasteiger partial charge in [0.05, 0.1) is 33.0 Å². The molecule has 0 N–H and O–H groups in total. The third kappa shape index (κ3) is 2.76. The largest absolute Gasteiger partial charge is 0.496 e. The lowest BCUT2D eigenvalue weighted by Crippen LogP contribution is -2.56. The Hall–Kier alpha value is -1.64. The SMILES string of the molecule is COC[C@H]1O[C@@H]([C@@]23C=C[C@@H](O2)c2c(OC)ccc(OC)c23)C[C@@H](OC)[C@@H]1OC. The van der Waals surface area contributed by atoms with E-state index in [9.17, 15) is 0 Å². The van der Waals surface area contributed by atoms with Crippen LogP contribution in [-0.2, 0) is 29.3 Å². The molecule has 2 bridgehead atoms. The fraction of sp³-hybridized carbons (Fsp3) is 0.619. The molecular weight excluding hydrogens is 364 g/mol. The molecule has 7 nitrogen and oxygen atoms in total. The summed E-state index contributed by atoms with van der Waals surface area (Å²) in [5.74, 6) is 1.55. The van der Waals surface area contributed by atoms with Crippen molar-refractivity contribution in [3.05, 3.63) is 35.4 Å². The number of hydrogen-bond acceptors (Lipinski definition) is 7. The third-order valence-electron chi connectivity index (χ3n) is 6.03. The Morgan fingerprint density at radius 2 is 1.79 bits per heavy atom. The minimum absolute atomic E-state index is 0.144. The Kier molecular flexibility index (Phi) is 5.37. The molecule has 0 unspecified atom stereocenters. The number of hydrogen-bond donors (Lipinski definition) is 0. The number of benzene rings is 1. The van der Waals surface area contributed by atoms with E-state index < -0.39 is 5.60 Å². The van der Waals surface area contributed by atoms with Crippen LogP contribution in [0.5, 0.6) is 11.5 Å². The molecule has 28 heavy (non-hydrogen) atoms. The molecule has 1 saturated heterocycles. The average Bonchev–Trinajstić information content (AvgIpc) is 3.31. The fourth-order valence-corrected chi connectivity index (χ4v) is 4.81. The van der Waals surface area contributed by atoms with Crippen LogP contribution in [0.1, 0.15) is 23.7 Å². The summed E-state index contributed by atoms with van der Waals surface area (Å²) in [7, 11) is 8.35. The summed E-state index contributed by atoms with van der Waals surface area (Å²) < 4.78 is 41.1. The molecule has 3 heterocycles. The van der Waals surface area contributed by atoms with Crippen LogP contribution in [-0.4, -0.2) is 66.6 Å². The molecule has 0 aromatic heterocycles. The van der Waals surface area contributed by atoms with Gasteiger partial charge in [-0.1, -0.05) is 6.08 Å². The predicted molar refractivity (Wildman–Crippen MR) is 101 cm³/mol. The van der Waals surface area contributed by atoms with Crippen LogP contribution in [0, 0.1) is 0 Å². The molecule has 1 aromatic rings. The van der Waals surface area contributed by atoms with E-state index in [4.69, 9.17) is 33.2 Å². The third-order valence-corrected chi connectivity index (χ3v) is 6.03. The first-order valence-corrected chi connectivity index (χ1v) is 9.46. The van der Waals surface area contributed by atoms with Crippen molar-refractivity contribution in [1.29, 1.82) is 0 Å². The van der Waals surface area contributed by atoms with E-state index in [-0.39, 0.29) is 30.5 Å². The Morgan fingerprint density at radius 1 is 1.04 bits per heavy atom. The molecule has 6 atom stereocenters. The van der Waals surface area contributed by atoms with Gasteiger partial charge in [-0.05, 0) is 18.2 Å². The highest BCUT2D eigenvalue weighted by molar-refractivity contribution is 5.61. The van der Waals surface area contributed by atoms with Crippen LogP contribution in [0.4, 0.5) is 0 Å². The van der Waals surface area contributed by atoms with Gasteiger partial charge in [0.1, 0.15) is 35.4 Å². The summed E-state index contributed by atoms with van der Waals surface area (Å²) in [6.45, 7) is 0.403. The zero-order valence-corrected chi connectivity index (χ0v) is 17.0. The van der Waals surface area contributed by atoms with E-state index >= 15 is 0 Å². The van der Waals surface area contributed by atoms with Gasteiger partial charge < -0.3 is 33.2 Å². The van der Waals surface area contributed by atoms with Crippen LogP contribution in [0.25, 0.3) is 0 Å². The predicted octanol–water partition coefficient (Wildman–Crippen LogP) is 2.37. The van der Waals surface area contributed by atoms with Crippen LogP contribution >= 0.6 is 0 Å². The van der Waals surface area contributed by atoms with Gasteiger partial charge in [0.15, 0.2) is 0 Å². The summed E-state index contributed by atoms with van der Waals surface area (Å²) in [6.07, 6.45) is 3.65. The van der Waals surface area contributed by atoms with Crippen molar-refractivity contribution in [3.8, 4) is 11.5 Å². The summed E-state index contributed by atoms with van der Waals surface area (Å²) >= 11 is 0. The van der Waals surface area contributed by atoms with Crippen molar-refractivity contribution in [2.75, 3.05) is 42.2 Å². The Balaban J connectivity index is 1.77. The van der Waals surface area contributed by atoms with Crippen molar-refractivity contribution >= 4 is 0 Å². The second-order valence-corrected chi connectivity index (χ2v) is 7.28. The van der Waals surface area contributed by atoms with E-state index in [1.165, 1.54) is 0 Å². The molecular formula is C21H28O7. The molecule has 4 rings (SSSR count). The highest BCUT2D eigenvalue weighted by Gasteiger charge is 2.58. The minimum atomic E-state index is -0.763. The highest BCUT2D eigenvalue weighted by Crippen LogP contribution is 2.59. The maximum Gasteiger partial charge on any atom is 0.143 e. The molecule has 0 aliphatic carbocycles. The molecule has 0 amide bonds. The molecule has 3 aliphatic rings. The summed E-state index contributed by atoms with van der Waals surface area (Å²) in [5, 5.41) is 0. The molecule has 0 saturated carbocycles. The maximum absolute atomic E-state index is 6.51. The molecule has 0 spiro atoms. The second kappa shape index (κ2) is 7.65. The maximum atomic E-state index is 6.51. The quantitative estimate of drug-likeness (QED) is 0.660. The zero-order chi connectivity index (χ0) is 19.9. The number of ether oxygens (including phenoxy) is 7. The summed E-state index contributed by atoms with van der Waals surface area (Å²) in [4.78, 5) is 0. The van der Waals surface area contributed by atoms with E-state index in [2.05, 4.69) is 12.2 Å². The average molecular weight is 392 g/mol. The first kappa shape index (κ1) is 19.7. The highest BCUT2D eigenvalue weighted by atomic mass is 16.6. The first-order chi connectivity index (χ1) is 13.6. The van der Waals surface area contributed by atoms with Crippen molar-refractivity contribution in [3.63, 3.8) is 0 Å². The summed E-state index contributed by atoms with van der Waals surface area (Å²) in [5.41, 5.74) is 1.20. The van der Waals surface area contributed by atoms with E-state index in [0.29, 0.717) is 13.0 Å². The lowest BCUT2D eigenvalue weighted by Gasteiger charge is -2.45. The van der Waals surface area contributed by atoms with E-state index in [1.54, 1.807) is 35.5 Å². The van der Waals surface area contributed by atoms with Crippen molar-refractivity contribution in [1.82, 2.24) is 0 Å². The van der Waals surface area contributed by atoms with Crippen LogP contribution in [0.3, 0.4) is 0 Å². The van der Waals surface area contributed by atoms with Gasteiger partial charge in [-0.15, -0.1) is 0 Å². The molecule has 0 radical (unpaired) electrons. The number of rotatable bonds is 7. The lowest BCUT2D eigenvalue weighted by atomic mass is 9.78. The first-order valence-electron chi connectivity index (χ1n) is 9.46. The second-order valence-electron chi connectivity index (χ2n) is 7.28. The normalized spacial score (nSPS) is 35.8. The van der Waals surface area contributed by atoms with Crippen molar-refractivity contribution < 1.29 is 33.2 Å². The number of methoxy groups -OCH3 is 5. The Bertz CT molecular complexity index is 749. The van der Waals surface area contributed by atoms with Gasteiger partial charge in [0.25, 0.3) is 0 Å². The molecule has 7 heteroatoms. The van der Waals surface area contributed by atoms with Crippen molar-refractivity contribution in [2.24, 2.45) is 0 Å². The molecule has 154 valence electrons. The van der Waals surface area contributed by atoms with Gasteiger partial charge in [0, 0.05) is 38.9 Å². The minimum Gasteiger partial charge on any atom is -0.496 e. The van der Waals surface area contributed by atoms with Crippen molar-refractivity contribution in [2.45, 2.75) is 42.5 Å². The van der Waals surface area contributed by atoms with Crippen LogP contribution in [0.2, 0.25) is 0 Å². The summed E-state index contributed by atoms with van der Waals surface area (Å²) in [6, 6.07) is 3.83. The Labute approximate surface area is 165 Å². The number of fused-ring (bicyclic) bond motifs is 5. The van der Waals surface area contributed by atoms with Gasteiger partial charge in [-0.25, -0.2) is 0 Å². The molecule has 1 fully saturated rings. The smallest absolute Gasteiger partial charge is 0.143 e. The standard InChI is InChI=1S/C21H28O7/c1-22-11-16-20(26-5)15(25-4)10-17(27-16)21-9-8-13(28-21)18-12(23-2)6-7-14(24-3)19(18)21/h6-9,13,15-17,20H,10-11H2,1-5H3/t13-,15-,16-,17-,20+,21-/m1/s1. The Morgan fingerprint density at radius 3 is 2.43 bits per heavy atom.